The summed E-state index contributed by atoms with van der Waals surface area (Å²) in [5.41, 5.74) is 1.15. The van der Waals surface area contributed by atoms with Gasteiger partial charge in [-0.1, -0.05) is 44.2 Å². The highest BCUT2D eigenvalue weighted by Crippen LogP contribution is 2.14. The van der Waals surface area contributed by atoms with Crippen molar-refractivity contribution in [3.8, 4) is 0 Å². The normalized spacial score (nSPS) is 15.3. The number of ether oxygens (including phenoxy) is 1. The van der Waals surface area contributed by atoms with Crippen LogP contribution in [0.25, 0.3) is 0 Å². The van der Waals surface area contributed by atoms with E-state index in [9.17, 15) is 5.11 Å². The molecule has 1 N–H and O–H groups in total. The van der Waals surface area contributed by atoms with Crippen molar-refractivity contribution in [2.24, 2.45) is 5.92 Å². The fourth-order valence-corrected chi connectivity index (χ4v) is 1.85. The molecule has 0 aromatic heterocycles. The highest BCUT2D eigenvalue weighted by molar-refractivity contribution is 5.15. The lowest BCUT2D eigenvalue weighted by Gasteiger charge is -2.24. The molecule has 1 aromatic rings. The van der Waals surface area contributed by atoms with Crippen molar-refractivity contribution in [1.29, 1.82) is 0 Å². The molecule has 0 spiro atoms. The van der Waals surface area contributed by atoms with Gasteiger partial charge in [0.25, 0.3) is 0 Å². The molecule has 0 aliphatic carbocycles. The van der Waals surface area contributed by atoms with Crippen LogP contribution < -0.4 is 0 Å². The van der Waals surface area contributed by atoms with Crippen LogP contribution in [0.4, 0.5) is 0 Å². The van der Waals surface area contributed by atoms with Gasteiger partial charge in [-0.05, 0) is 11.5 Å². The maximum Gasteiger partial charge on any atom is 0.0856 e. The Kier molecular flexibility index (Phi) is 4.79. The largest absolute Gasteiger partial charge is 0.390 e. The molecular formula is C13H20O2. The highest BCUT2D eigenvalue weighted by Gasteiger charge is 2.22. The Balaban J connectivity index is 2.58. The monoisotopic (exact) mass is 208 g/mol. The minimum atomic E-state index is -0.433. The Hall–Kier alpha value is -0.860. The third-order valence-electron chi connectivity index (χ3n) is 2.60. The lowest BCUT2D eigenvalue weighted by Crippen LogP contribution is -2.34. The van der Waals surface area contributed by atoms with E-state index in [0.717, 1.165) is 5.56 Å². The molecule has 15 heavy (non-hydrogen) atoms. The second-order valence-electron chi connectivity index (χ2n) is 4.20. The van der Waals surface area contributed by atoms with E-state index in [1.165, 1.54) is 0 Å². The van der Waals surface area contributed by atoms with Crippen LogP contribution in [0.2, 0.25) is 0 Å². The molecule has 0 heterocycles. The van der Waals surface area contributed by atoms with Crippen LogP contribution in [-0.4, -0.2) is 24.4 Å². The number of hydrogen-bond acceptors (Lipinski definition) is 2. The van der Waals surface area contributed by atoms with Crippen molar-refractivity contribution >= 4 is 0 Å². The molecule has 2 atom stereocenters. The molecular weight excluding hydrogens is 188 g/mol. The molecule has 84 valence electrons. The van der Waals surface area contributed by atoms with Gasteiger partial charge in [-0.2, -0.15) is 0 Å². The van der Waals surface area contributed by atoms with Crippen LogP contribution in [0, 0.1) is 5.92 Å². The first-order valence-electron chi connectivity index (χ1n) is 5.40. The number of aliphatic hydroxyl groups excluding tert-OH is 1. The van der Waals surface area contributed by atoms with Gasteiger partial charge >= 0.3 is 0 Å². The number of aliphatic hydroxyl groups is 1. The number of hydrogen-bond donors (Lipinski definition) is 1. The van der Waals surface area contributed by atoms with Gasteiger partial charge < -0.3 is 9.84 Å². The van der Waals surface area contributed by atoms with E-state index in [-0.39, 0.29) is 6.10 Å². The van der Waals surface area contributed by atoms with E-state index >= 15 is 0 Å². The van der Waals surface area contributed by atoms with E-state index < -0.39 is 6.10 Å². The van der Waals surface area contributed by atoms with Gasteiger partial charge in [0.15, 0.2) is 0 Å². The Morgan fingerprint density at radius 3 is 2.27 bits per heavy atom. The van der Waals surface area contributed by atoms with Crippen LogP contribution in [-0.2, 0) is 11.2 Å². The quantitative estimate of drug-likeness (QED) is 0.804. The lowest BCUT2D eigenvalue weighted by atomic mass is 9.96. The van der Waals surface area contributed by atoms with Crippen molar-refractivity contribution < 1.29 is 9.84 Å². The standard InChI is InChI=1S/C13H20O2/c1-10(2)13(15-3)12(14)9-11-7-5-4-6-8-11/h4-8,10,12-14H,9H2,1-3H3. The zero-order chi connectivity index (χ0) is 11.3. The minimum absolute atomic E-state index is 0.0924. The molecule has 1 aromatic carbocycles. The van der Waals surface area contributed by atoms with Crippen LogP contribution in [0.1, 0.15) is 19.4 Å². The predicted molar refractivity (Wildman–Crippen MR) is 61.8 cm³/mol. The van der Waals surface area contributed by atoms with Gasteiger partial charge in [-0.25, -0.2) is 0 Å². The van der Waals surface area contributed by atoms with Crippen LogP contribution in [0.3, 0.4) is 0 Å². The molecule has 2 nitrogen and oxygen atoms in total. The van der Waals surface area contributed by atoms with Crippen LogP contribution in [0.15, 0.2) is 30.3 Å². The van der Waals surface area contributed by atoms with Crippen LogP contribution >= 0.6 is 0 Å². The number of benzene rings is 1. The first kappa shape index (κ1) is 12.2. The molecule has 0 radical (unpaired) electrons. The minimum Gasteiger partial charge on any atom is -0.390 e. The Morgan fingerprint density at radius 2 is 1.80 bits per heavy atom. The summed E-state index contributed by atoms with van der Waals surface area (Å²) in [5, 5.41) is 10.0. The van der Waals surface area contributed by atoms with Gasteiger partial charge in [0, 0.05) is 13.5 Å². The fraction of sp³-hybridized carbons (Fsp3) is 0.538. The predicted octanol–water partition coefficient (Wildman–Crippen LogP) is 2.26. The Labute approximate surface area is 91.9 Å². The Bertz CT molecular complexity index is 269. The molecule has 0 fully saturated rings. The summed E-state index contributed by atoms with van der Waals surface area (Å²) in [7, 11) is 1.65. The summed E-state index contributed by atoms with van der Waals surface area (Å²) in [6.45, 7) is 4.12. The van der Waals surface area contributed by atoms with Crippen molar-refractivity contribution in [2.45, 2.75) is 32.5 Å². The molecule has 2 unspecified atom stereocenters. The lowest BCUT2D eigenvalue weighted by molar-refractivity contribution is -0.0367. The van der Waals surface area contributed by atoms with Gasteiger partial charge in [0.05, 0.1) is 12.2 Å². The fourth-order valence-electron chi connectivity index (χ4n) is 1.85. The summed E-state index contributed by atoms with van der Waals surface area (Å²) in [5.74, 6) is 0.328. The molecule has 0 amide bonds. The first-order valence-corrected chi connectivity index (χ1v) is 5.40. The average Bonchev–Trinajstić information content (AvgIpc) is 2.19. The van der Waals surface area contributed by atoms with Gasteiger partial charge in [-0.15, -0.1) is 0 Å². The smallest absolute Gasteiger partial charge is 0.0856 e. The van der Waals surface area contributed by atoms with E-state index in [1.807, 2.05) is 30.3 Å². The molecule has 0 aliphatic heterocycles. The third-order valence-corrected chi connectivity index (χ3v) is 2.60. The first-order chi connectivity index (χ1) is 7.15. The summed E-state index contributed by atoms with van der Waals surface area (Å²) in [4.78, 5) is 0. The summed E-state index contributed by atoms with van der Waals surface area (Å²) >= 11 is 0. The number of rotatable bonds is 5. The molecule has 0 saturated heterocycles. The average molecular weight is 208 g/mol. The molecule has 2 heteroatoms. The highest BCUT2D eigenvalue weighted by atomic mass is 16.5. The van der Waals surface area contributed by atoms with E-state index in [2.05, 4.69) is 13.8 Å². The van der Waals surface area contributed by atoms with Crippen LogP contribution in [0.5, 0.6) is 0 Å². The SMILES string of the molecule is COC(C(C)C)C(O)Cc1ccccc1. The zero-order valence-electron chi connectivity index (χ0n) is 9.68. The number of methoxy groups -OCH3 is 1. The maximum absolute atomic E-state index is 10.0. The Morgan fingerprint density at radius 1 is 1.20 bits per heavy atom. The van der Waals surface area contributed by atoms with Crippen molar-refractivity contribution in [2.75, 3.05) is 7.11 Å². The van der Waals surface area contributed by atoms with E-state index in [1.54, 1.807) is 7.11 Å². The molecule has 1 rings (SSSR count). The van der Waals surface area contributed by atoms with Gasteiger partial charge in [0.1, 0.15) is 0 Å². The third kappa shape index (κ3) is 3.65. The molecule has 0 bridgehead atoms. The topological polar surface area (TPSA) is 29.5 Å². The molecule has 0 aliphatic rings. The van der Waals surface area contributed by atoms with Crippen molar-refractivity contribution in [3.05, 3.63) is 35.9 Å². The zero-order valence-corrected chi connectivity index (χ0v) is 9.68. The summed E-state index contributed by atoms with van der Waals surface area (Å²) in [6.07, 6.45) is 0.125. The maximum atomic E-state index is 10.0. The second-order valence-corrected chi connectivity index (χ2v) is 4.20. The second kappa shape index (κ2) is 5.89. The van der Waals surface area contributed by atoms with Crippen molar-refractivity contribution in [3.63, 3.8) is 0 Å². The summed E-state index contributed by atoms with van der Waals surface area (Å²) in [6, 6.07) is 10.00. The van der Waals surface area contributed by atoms with E-state index in [4.69, 9.17) is 4.74 Å². The van der Waals surface area contributed by atoms with Gasteiger partial charge in [-0.3, -0.25) is 0 Å². The van der Waals surface area contributed by atoms with E-state index in [0.29, 0.717) is 12.3 Å². The van der Waals surface area contributed by atoms with Crippen molar-refractivity contribution in [1.82, 2.24) is 0 Å². The van der Waals surface area contributed by atoms with Gasteiger partial charge in [0.2, 0.25) is 0 Å². The summed E-state index contributed by atoms with van der Waals surface area (Å²) < 4.78 is 5.30. The molecule has 0 saturated carbocycles.